The second kappa shape index (κ2) is 7.36. The molecule has 1 aromatic carbocycles. The number of hydrogen-bond donors (Lipinski definition) is 0. The smallest absolute Gasteiger partial charge is 0.400 e. The molecule has 24 heavy (non-hydrogen) atoms. The zero-order chi connectivity index (χ0) is 18.1. The second-order valence-corrected chi connectivity index (χ2v) is 9.05. The van der Waals surface area contributed by atoms with E-state index >= 15 is 0 Å². The highest BCUT2D eigenvalue weighted by atomic mass is 79.9. The Kier molecular flexibility index (Phi) is 6.06. The third-order valence-corrected chi connectivity index (χ3v) is 6.39. The Morgan fingerprint density at radius 2 is 1.83 bits per heavy atom. The van der Waals surface area contributed by atoms with Crippen molar-refractivity contribution in [2.75, 3.05) is 5.75 Å². The number of carbonyl (C=O) groups excluding carboxylic acids is 1. The van der Waals surface area contributed by atoms with Crippen LogP contribution < -0.4 is 0 Å². The first kappa shape index (κ1) is 19.8. The topological polar surface area (TPSA) is 35.5 Å². The normalized spacial score (nSPS) is 19.6. The maximum absolute atomic E-state index is 11.4. The molecule has 0 radical (unpaired) electrons. The Morgan fingerprint density at radius 3 is 2.38 bits per heavy atom. The van der Waals surface area contributed by atoms with Crippen molar-refractivity contribution in [3.63, 3.8) is 0 Å². The summed E-state index contributed by atoms with van der Waals surface area (Å²) in [4.78, 5) is 11.4. The first-order chi connectivity index (χ1) is 11.0. The number of halogens is 1. The largest absolute Gasteiger partial charge is 0.491 e. The van der Waals surface area contributed by atoms with Gasteiger partial charge in [-0.25, -0.2) is 0 Å². The van der Waals surface area contributed by atoms with Crippen molar-refractivity contribution in [1.82, 2.24) is 0 Å². The molecular weight excluding hydrogens is 387 g/mol. The minimum Gasteiger partial charge on any atom is -0.400 e. The van der Waals surface area contributed by atoms with Crippen molar-refractivity contribution in [1.29, 1.82) is 0 Å². The number of benzene rings is 1. The molecule has 2 rings (SSSR count). The van der Waals surface area contributed by atoms with Gasteiger partial charge in [-0.1, -0.05) is 45.9 Å². The molecule has 0 aliphatic carbocycles. The summed E-state index contributed by atoms with van der Waals surface area (Å²) in [6.07, 6.45) is 2.08. The minimum atomic E-state index is -0.444. The third kappa shape index (κ3) is 4.34. The fourth-order valence-corrected chi connectivity index (χ4v) is 3.31. The summed E-state index contributed by atoms with van der Waals surface area (Å²) in [5, 5.41) is 0.0865. The predicted octanol–water partition coefficient (Wildman–Crippen LogP) is 5.05. The summed E-state index contributed by atoms with van der Waals surface area (Å²) in [6.45, 7) is 11.8. The number of carbonyl (C=O) groups is 1. The van der Waals surface area contributed by atoms with E-state index in [9.17, 15) is 4.79 Å². The van der Waals surface area contributed by atoms with E-state index in [-0.39, 0.29) is 5.12 Å². The molecule has 130 valence electrons. The van der Waals surface area contributed by atoms with Gasteiger partial charge < -0.3 is 9.31 Å². The molecule has 3 nitrogen and oxygen atoms in total. The van der Waals surface area contributed by atoms with E-state index in [1.54, 1.807) is 6.92 Å². The number of hydrogen-bond acceptors (Lipinski definition) is 4. The van der Waals surface area contributed by atoms with Crippen LogP contribution in [-0.4, -0.2) is 29.2 Å². The molecule has 1 aliphatic heterocycles. The molecule has 6 heteroatoms. The molecule has 1 fully saturated rings. The Hall–Kier alpha value is -0.555. The summed E-state index contributed by atoms with van der Waals surface area (Å²) in [5.41, 5.74) is 2.42. The molecule has 1 aromatic rings. The molecule has 0 N–H and O–H groups in total. The number of thioether (sulfide) groups is 1. The van der Waals surface area contributed by atoms with Gasteiger partial charge in [-0.2, -0.15) is 0 Å². The maximum Gasteiger partial charge on any atom is 0.491 e. The SMILES string of the molecule is CC(=O)SCC(=Cc1cccc(Br)c1C)B1OC(C)(C)C(C)(C)O1. The molecule has 0 saturated carbocycles. The van der Waals surface area contributed by atoms with E-state index in [0.717, 1.165) is 21.1 Å². The van der Waals surface area contributed by atoms with Crippen molar-refractivity contribution in [2.24, 2.45) is 0 Å². The average Bonchev–Trinajstić information content (AvgIpc) is 2.67. The Morgan fingerprint density at radius 1 is 1.25 bits per heavy atom. The summed E-state index contributed by atoms with van der Waals surface area (Å²) in [7, 11) is -0.444. The molecule has 0 atom stereocenters. The molecule has 1 saturated heterocycles. The lowest BCUT2D eigenvalue weighted by atomic mass is 9.78. The van der Waals surface area contributed by atoms with Gasteiger partial charge >= 0.3 is 7.12 Å². The van der Waals surface area contributed by atoms with Gasteiger partial charge in [0.2, 0.25) is 0 Å². The first-order valence-corrected chi connectivity index (χ1v) is 9.76. The van der Waals surface area contributed by atoms with Crippen LogP contribution in [0.3, 0.4) is 0 Å². The number of rotatable bonds is 4. The van der Waals surface area contributed by atoms with E-state index in [1.807, 2.05) is 39.8 Å². The molecule has 0 bridgehead atoms. The van der Waals surface area contributed by atoms with E-state index in [2.05, 4.69) is 35.0 Å². The average molecular weight is 411 g/mol. The summed E-state index contributed by atoms with van der Waals surface area (Å²) in [6, 6.07) is 6.08. The molecule has 1 heterocycles. The van der Waals surface area contributed by atoms with Gasteiger partial charge in [-0.05, 0) is 57.3 Å². The van der Waals surface area contributed by atoms with Crippen LogP contribution in [0.15, 0.2) is 28.1 Å². The lowest BCUT2D eigenvalue weighted by Crippen LogP contribution is -2.41. The molecule has 1 aliphatic rings. The molecule has 0 spiro atoms. The zero-order valence-corrected chi connectivity index (χ0v) is 17.5. The van der Waals surface area contributed by atoms with Gasteiger partial charge in [0.15, 0.2) is 5.12 Å². The fourth-order valence-electron chi connectivity index (χ4n) is 2.34. The lowest BCUT2D eigenvalue weighted by Gasteiger charge is -2.32. The highest BCUT2D eigenvalue weighted by molar-refractivity contribution is 9.10. The van der Waals surface area contributed by atoms with E-state index < -0.39 is 18.3 Å². The molecule has 0 amide bonds. The Balaban J connectivity index is 2.37. The van der Waals surface area contributed by atoms with Crippen LogP contribution in [0.1, 0.15) is 45.7 Å². The zero-order valence-electron chi connectivity index (χ0n) is 15.1. The van der Waals surface area contributed by atoms with Crippen LogP contribution in [0.5, 0.6) is 0 Å². The molecule has 0 aromatic heterocycles. The Bertz CT molecular complexity index is 654. The fraction of sp³-hybridized carbons (Fsp3) is 0.500. The van der Waals surface area contributed by atoms with Crippen molar-refractivity contribution in [3.05, 3.63) is 39.3 Å². The van der Waals surface area contributed by atoms with Crippen molar-refractivity contribution < 1.29 is 14.1 Å². The van der Waals surface area contributed by atoms with Crippen LogP contribution in [0.4, 0.5) is 0 Å². The monoisotopic (exact) mass is 410 g/mol. The van der Waals surface area contributed by atoms with Gasteiger partial charge in [-0.15, -0.1) is 0 Å². The summed E-state index contributed by atoms with van der Waals surface area (Å²) < 4.78 is 13.4. The van der Waals surface area contributed by atoms with Gasteiger partial charge in [0.1, 0.15) is 0 Å². The highest BCUT2D eigenvalue weighted by Gasteiger charge is 2.52. The lowest BCUT2D eigenvalue weighted by molar-refractivity contribution is -0.109. The van der Waals surface area contributed by atoms with Crippen LogP contribution in [0.2, 0.25) is 0 Å². The van der Waals surface area contributed by atoms with Gasteiger partial charge in [0, 0.05) is 17.1 Å². The highest BCUT2D eigenvalue weighted by Crippen LogP contribution is 2.39. The standard InChI is InChI=1S/C18H24BBrO3S/c1-12-14(8-7-9-16(12)20)10-15(11-24-13(2)21)19-22-17(3,4)18(5,6)23-19/h7-10H,11H2,1-6H3. The quantitative estimate of drug-likeness (QED) is 0.650. The van der Waals surface area contributed by atoms with Crippen molar-refractivity contribution >= 4 is 46.0 Å². The van der Waals surface area contributed by atoms with Gasteiger partial charge in [0.25, 0.3) is 0 Å². The summed E-state index contributed by atoms with van der Waals surface area (Å²) >= 11 is 4.84. The predicted molar refractivity (Wildman–Crippen MR) is 106 cm³/mol. The van der Waals surface area contributed by atoms with Gasteiger partial charge in [-0.3, -0.25) is 4.79 Å². The van der Waals surface area contributed by atoms with E-state index in [0.29, 0.717) is 5.75 Å². The van der Waals surface area contributed by atoms with Gasteiger partial charge in [0.05, 0.1) is 11.2 Å². The van der Waals surface area contributed by atoms with E-state index in [4.69, 9.17) is 9.31 Å². The minimum absolute atomic E-state index is 0.0865. The van der Waals surface area contributed by atoms with Crippen LogP contribution >= 0.6 is 27.7 Å². The third-order valence-electron chi connectivity index (χ3n) is 4.65. The summed E-state index contributed by atoms with van der Waals surface area (Å²) in [5.74, 6) is 0.554. The van der Waals surface area contributed by atoms with E-state index in [1.165, 1.54) is 11.8 Å². The van der Waals surface area contributed by atoms with Crippen molar-refractivity contribution in [3.8, 4) is 0 Å². The second-order valence-electron chi connectivity index (χ2n) is 7.04. The maximum atomic E-state index is 11.4. The van der Waals surface area contributed by atoms with Crippen LogP contribution in [0, 0.1) is 6.92 Å². The molecular formula is C18H24BBrO3S. The Labute approximate surface area is 157 Å². The van der Waals surface area contributed by atoms with Crippen molar-refractivity contribution in [2.45, 2.75) is 52.7 Å². The van der Waals surface area contributed by atoms with Crippen LogP contribution in [0.25, 0.3) is 6.08 Å². The first-order valence-electron chi connectivity index (χ1n) is 7.98. The van der Waals surface area contributed by atoms with Crippen LogP contribution in [-0.2, 0) is 14.1 Å². The molecule has 0 unspecified atom stereocenters.